The highest BCUT2D eigenvalue weighted by atomic mass is 19.3. The van der Waals surface area contributed by atoms with E-state index in [4.69, 9.17) is 0 Å². The number of H-pyrrole nitrogens is 1. The highest BCUT2D eigenvalue weighted by Crippen LogP contribution is 2.22. The first kappa shape index (κ1) is 11.5. The van der Waals surface area contributed by atoms with Crippen LogP contribution >= 0.6 is 0 Å². The Morgan fingerprint density at radius 1 is 1.53 bits per heavy atom. The molecule has 0 aliphatic rings. The molecule has 0 saturated heterocycles. The van der Waals surface area contributed by atoms with Crippen LogP contribution in [0.15, 0.2) is 18.5 Å². The predicted octanol–water partition coefficient (Wildman–Crippen LogP) is 1.53. The van der Waals surface area contributed by atoms with Gasteiger partial charge in [0.05, 0.1) is 0 Å². The van der Waals surface area contributed by atoms with Crippen LogP contribution < -0.4 is 5.32 Å². The summed E-state index contributed by atoms with van der Waals surface area (Å²) in [5.41, 5.74) is 0.522. The van der Waals surface area contributed by atoms with Crippen molar-refractivity contribution >= 4 is 5.91 Å². The number of amides is 1. The van der Waals surface area contributed by atoms with Crippen molar-refractivity contribution in [3.63, 3.8) is 0 Å². The van der Waals surface area contributed by atoms with E-state index in [2.05, 4.69) is 4.98 Å². The van der Waals surface area contributed by atoms with E-state index in [9.17, 15) is 22.4 Å². The van der Waals surface area contributed by atoms with Gasteiger partial charge in [-0.3, -0.25) is 4.79 Å². The highest BCUT2D eigenvalue weighted by Gasteiger charge is 2.48. The average Bonchev–Trinajstić information content (AvgIpc) is 2.66. The first-order valence-corrected chi connectivity index (χ1v) is 4.00. The Hall–Kier alpha value is -1.53. The molecule has 0 unspecified atom stereocenters. The summed E-state index contributed by atoms with van der Waals surface area (Å²) in [6, 6.07) is 1.53. The molecule has 1 aromatic heterocycles. The van der Waals surface area contributed by atoms with Gasteiger partial charge >= 0.3 is 12.3 Å². The van der Waals surface area contributed by atoms with Crippen LogP contribution in [0.4, 0.5) is 17.6 Å². The van der Waals surface area contributed by atoms with Gasteiger partial charge in [-0.05, 0) is 11.6 Å². The van der Waals surface area contributed by atoms with Gasteiger partial charge in [0.15, 0.2) is 0 Å². The zero-order chi connectivity index (χ0) is 11.5. The van der Waals surface area contributed by atoms with Crippen LogP contribution in [0, 0.1) is 0 Å². The minimum atomic E-state index is -4.64. The minimum absolute atomic E-state index is 0.218. The third kappa shape index (κ3) is 2.71. The maximum Gasteiger partial charge on any atom is 0.383 e. The maximum atomic E-state index is 12.4. The summed E-state index contributed by atoms with van der Waals surface area (Å²) in [7, 11) is 0. The van der Waals surface area contributed by atoms with Crippen molar-refractivity contribution in [3.8, 4) is 0 Å². The van der Waals surface area contributed by atoms with Crippen molar-refractivity contribution in [2.45, 2.75) is 18.9 Å². The molecule has 0 aliphatic carbocycles. The molecule has 0 bridgehead atoms. The molecule has 1 heterocycles. The molecule has 0 aromatic carbocycles. The lowest BCUT2D eigenvalue weighted by atomic mass is 10.3. The van der Waals surface area contributed by atoms with E-state index in [1.54, 1.807) is 5.32 Å². The maximum absolute atomic E-state index is 12.4. The molecule has 0 spiro atoms. The fraction of sp³-hybridized carbons (Fsp3) is 0.375. The molecular weight excluding hydrogens is 216 g/mol. The number of rotatable bonds is 4. The molecule has 0 saturated carbocycles. The van der Waals surface area contributed by atoms with Gasteiger partial charge < -0.3 is 10.3 Å². The summed E-state index contributed by atoms with van der Waals surface area (Å²) in [6.07, 6.45) is -1.02. The van der Waals surface area contributed by atoms with Crippen LogP contribution in [0.2, 0.25) is 0 Å². The zero-order valence-corrected chi connectivity index (χ0v) is 7.44. The van der Waals surface area contributed by atoms with Crippen molar-refractivity contribution in [2.75, 3.05) is 0 Å². The molecule has 0 atom stereocenters. The fourth-order valence-corrected chi connectivity index (χ4v) is 0.868. The van der Waals surface area contributed by atoms with E-state index in [-0.39, 0.29) is 6.54 Å². The second-order valence-electron chi connectivity index (χ2n) is 2.83. The Bertz CT molecular complexity index is 323. The number of aromatic nitrogens is 1. The van der Waals surface area contributed by atoms with Crippen LogP contribution in [0.25, 0.3) is 0 Å². The van der Waals surface area contributed by atoms with Gasteiger partial charge in [0.25, 0.3) is 5.91 Å². The van der Waals surface area contributed by atoms with Crippen molar-refractivity contribution in [2.24, 2.45) is 0 Å². The number of carbonyl (C=O) groups is 1. The number of aromatic amines is 1. The SMILES string of the molecule is O=C(NCc1cc[nH]c1)C(F)(F)C(F)F. The second-order valence-corrected chi connectivity index (χ2v) is 2.83. The van der Waals surface area contributed by atoms with E-state index >= 15 is 0 Å². The van der Waals surface area contributed by atoms with E-state index in [0.717, 1.165) is 0 Å². The molecule has 84 valence electrons. The number of alkyl halides is 4. The van der Waals surface area contributed by atoms with E-state index in [0.29, 0.717) is 5.56 Å². The molecule has 0 radical (unpaired) electrons. The van der Waals surface area contributed by atoms with Gasteiger partial charge in [0.2, 0.25) is 0 Å². The van der Waals surface area contributed by atoms with E-state index < -0.39 is 18.3 Å². The molecule has 1 aromatic rings. The van der Waals surface area contributed by atoms with Gasteiger partial charge in [0, 0.05) is 18.9 Å². The van der Waals surface area contributed by atoms with Crippen LogP contribution in [-0.4, -0.2) is 23.2 Å². The normalized spacial score (nSPS) is 11.8. The molecular formula is C8H8F4N2O. The van der Waals surface area contributed by atoms with Crippen molar-refractivity contribution in [3.05, 3.63) is 24.0 Å². The lowest BCUT2D eigenvalue weighted by Gasteiger charge is -2.14. The predicted molar refractivity (Wildman–Crippen MR) is 43.6 cm³/mol. The molecule has 3 nitrogen and oxygen atoms in total. The summed E-state index contributed by atoms with van der Waals surface area (Å²) < 4.78 is 48.2. The summed E-state index contributed by atoms with van der Waals surface area (Å²) >= 11 is 0. The lowest BCUT2D eigenvalue weighted by molar-refractivity contribution is -0.169. The lowest BCUT2D eigenvalue weighted by Crippen LogP contribution is -2.44. The van der Waals surface area contributed by atoms with Crippen LogP contribution in [0.1, 0.15) is 5.56 Å². The smallest absolute Gasteiger partial charge is 0.367 e. The largest absolute Gasteiger partial charge is 0.383 e. The van der Waals surface area contributed by atoms with Gasteiger partial charge in [-0.1, -0.05) is 0 Å². The zero-order valence-electron chi connectivity index (χ0n) is 7.44. The summed E-state index contributed by atoms with van der Waals surface area (Å²) in [5.74, 6) is -6.62. The van der Waals surface area contributed by atoms with Gasteiger partial charge in [-0.25, -0.2) is 8.78 Å². The van der Waals surface area contributed by atoms with Gasteiger partial charge in [-0.2, -0.15) is 8.78 Å². The third-order valence-corrected chi connectivity index (χ3v) is 1.69. The monoisotopic (exact) mass is 224 g/mol. The van der Waals surface area contributed by atoms with Gasteiger partial charge in [0.1, 0.15) is 0 Å². The Morgan fingerprint density at radius 3 is 2.67 bits per heavy atom. The number of nitrogens with one attached hydrogen (secondary N) is 2. The Kier molecular flexibility index (Phi) is 3.33. The molecule has 15 heavy (non-hydrogen) atoms. The molecule has 7 heteroatoms. The number of hydrogen-bond acceptors (Lipinski definition) is 1. The Balaban J connectivity index is 2.49. The molecule has 2 N–H and O–H groups in total. The van der Waals surface area contributed by atoms with Crippen molar-refractivity contribution in [1.82, 2.24) is 10.3 Å². The van der Waals surface area contributed by atoms with Crippen LogP contribution in [0.3, 0.4) is 0 Å². The fourth-order valence-electron chi connectivity index (χ4n) is 0.868. The standard InChI is InChI=1S/C8H8F4N2O/c9-6(10)8(11,12)7(15)14-4-5-1-2-13-3-5/h1-3,6,13H,4H2,(H,14,15). The van der Waals surface area contributed by atoms with E-state index in [1.165, 1.54) is 18.5 Å². The molecule has 1 rings (SSSR count). The summed E-state index contributed by atoms with van der Waals surface area (Å²) in [6.45, 7) is -0.218. The number of carbonyl (C=O) groups excluding carboxylic acids is 1. The minimum Gasteiger partial charge on any atom is -0.367 e. The Morgan fingerprint density at radius 2 is 2.20 bits per heavy atom. The first-order chi connectivity index (χ1) is 6.94. The highest BCUT2D eigenvalue weighted by molar-refractivity contribution is 5.83. The molecule has 1 amide bonds. The Labute approximate surface area is 82.5 Å². The quantitative estimate of drug-likeness (QED) is 0.748. The number of hydrogen-bond donors (Lipinski definition) is 2. The van der Waals surface area contributed by atoms with Gasteiger partial charge in [-0.15, -0.1) is 0 Å². The first-order valence-electron chi connectivity index (χ1n) is 4.00. The summed E-state index contributed by atoms with van der Waals surface area (Å²) in [5, 5.41) is 1.72. The van der Waals surface area contributed by atoms with Crippen molar-refractivity contribution in [1.29, 1.82) is 0 Å². The van der Waals surface area contributed by atoms with Crippen LogP contribution in [0.5, 0.6) is 0 Å². The third-order valence-electron chi connectivity index (χ3n) is 1.69. The number of halogens is 4. The molecule has 0 fully saturated rings. The van der Waals surface area contributed by atoms with Crippen LogP contribution in [-0.2, 0) is 11.3 Å². The average molecular weight is 224 g/mol. The summed E-state index contributed by atoms with van der Waals surface area (Å²) in [4.78, 5) is 13.3. The van der Waals surface area contributed by atoms with E-state index in [1.807, 2.05) is 0 Å². The van der Waals surface area contributed by atoms with Crippen molar-refractivity contribution < 1.29 is 22.4 Å². The topological polar surface area (TPSA) is 44.9 Å². The second kappa shape index (κ2) is 4.33. The molecule has 0 aliphatic heterocycles.